The Morgan fingerprint density at radius 1 is 1.26 bits per heavy atom. The maximum atomic E-state index is 11.1. The summed E-state index contributed by atoms with van der Waals surface area (Å²) in [6.07, 6.45) is 0. The third kappa shape index (κ3) is 5.43. The van der Waals surface area contributed by atoms with E-state index in [1.807, 2.05) is 0 Å². The highest BCUT2D eigenvalue weighted by atomic mass is 32.2. The molecule has 0 heterocycles. The Labute approximate surface area is 112 Å². The van der Waals surface area contributed by atoms with Crippen LogP contribution in [0.3, 0.4) is 0 Å². The number of anilines is 2. The predicted molar refractivity (Wildman–Crippen MR) is 73.4 cm³/mol. The fraction of sp³-hybridized carbons (Fsp3) is 0.455. The molecule has 0 spiro atoms. The number of benzene rings is 1. The summed E-state index contributed by atoms with van der Waals surface area (Å²) in [5.41, 5.74) is 6.70. The van der Waals surface area contributed by atoms with E-state index in [0.717, 1.165) is 0 Å². The van der Waals surface area contributed by atoms with Crippen molar-refractivity contribution in [2.24, 2.45) is 5.14 Å². The number of nitrogen functional groups attached to an aromatic ring is 1. The highest BCUT2D eigenvalue weighted by Gasteiger charge is 2.09. The van der Waals surface area contributed by atoms with Gasteiger partial charge in [-0.15, -0.1) is 0 Å². The molecule has 1 aromatic carbocycles. The minimum Gasteiger partial charge on any atom is -0.397 e. The summed E-state index contributed by atoms with van der Waals surface area (Å²) < 4.78 is 32.4. The van der Waals surface area contributed by atoms with Crippen LogP contribution < -0.4 is 16.2 Å². The Morgan fingerprint density at radius 2 is 2.00 bits per heavy atom. The first-order valence-electron chi connectivity index (χ1n) is 5.68. The first-order chi connectivity index (χ1) is 8.95. The Bertz CT molecular complexity index is 505. The number of hydrogen-bond acceptors (Lipinski definition) is 6. The van der Waals surface area contributed by atoms with E-state index in [0.29, 0.717) is 37.7 Å². The van der Waals surface area contributed by atoms with Crippen molar-refractivity contribution in [3.05, 3.63) is 18.2 Å². The van der Waals surface area contributed by atoms with Crippen LogP contribution in [0.1, 0.15) is 0 Å². The van der Waals surface area contributed by atoms with Gasteiger partial charge in [0, 0.05) is 13.7 Å². The van der Waals surface area contributed by atoms with Gasteiger partial charge in [0.15, 0.2) is 0 Å². The molecule has 0 aliphatic rings. The molecule has 0 saturated heterocycles. The molecule has 0 aliphatic carbocycles. The molecule has 0 radical (unpaired) electrons. The summed E-state index contributed by atoms with van der Waals surface area (Å²) in [5.74, 6) is 0. The molecule has 5 N–H and O–H groups in total. The van der Waals surface area contributed by atoms with Crippen molar-refractivity contribution >= 4 is 21.4 Å². The maximum absolute atomic E-state index is 11.1. The van der Waals surface area contributed by atoms with Gasteiger partial charge in [-0.1, -0.05) is 0 Å². The molecule has 7 nitrogen and oxygen atoms in total. The van der Waals surface area contributed by atoms with Crippen molar-refractivity contribution in [2.75, 3.05) is 44.5 Å². The first-order valence-corrected chi connectivity index (χ1v) is 7.22. The summed E-state index contributed by atoms with van der Waals surface area (Å²) in [4.78, 5) is -0.00751. The van der Waals surface area contributed by atoms with E-state index in [2.05, 4.69) is 5.32 Å². The summed E-state index contributed by atoms with van der Waals surface area (Å²) in [5, 5.41) is 8.05. The Hall–Kier alpha value is -1.35. The summed E-state index contributed by atoms with van der Waals surface area (Å²) >= 11 is 0. The van der Waals surface area contributed by atoms with E-state index >= 15 is 0 Å². The molecule has 0 unspecified atom stereocenters. The summed E-state index contributed by atoms with van der Waals surface area (Å²) in [7, 11) is -2.12. The minimum atomic E-state index is -3.72. The molecule has 108 valence electrons. The number of nitrogens with two attached hydrogens (primary N) is 2. The Morgan fingerprint density at radius 3 is 2.58 bits per heavy atom. The maximum Gasteiger partial charge on any atom is 0.238 e. The first kappa shape index (κ1) is 15.7. The zero-order valence-corrected chi connectivity index (χ0v) is 11.6. The molecule has 0 atom stereocenters. The lowest BCUT2D eigenvalue weighted by Crippen LogP contribution is -2.14. The monoisotopic (exact) mass is 289 g/mol. The topological polar surface area (TPSA) is 117 Å². The average Bonchev–Trinajstić information content (AvgIpc) is 2.34. The standard InChI is InChI=1S/C11H19N3O4S/c1-17-6-7-18-5-4-14-11-3-2-9(8-10(11)12)19(13,15)16/h2-3,8,14H,4-7,12H2,1H3,(H2,13,15,16). The molecule has 0 bridgehead atoms. The van der Waals surface area contributed by atoms with Gasteiger partial charge in [0.25, 0.3) is 0 Å². The van der Waals surface area contributed by atoms with Crippen LogP contribution in [-0.4, -0.2) is 41.9 Å². The third-order valence-electron chi connectivity index (χ3n) is 2.35. The van der Waals surface area contributed by atoms with E-state index in [9.17, 15) is 8.42 Å². The predicted octanol–water partition coefficient (Wildman–Crippen LogP) is -0.00890. The summed E-state index contributed by atoms with van der Waals surface area (Å²) in [6, 6.07) is 4.30. The van der Waals surface area contributed by atoms with Crippen LogP contribution in [0.25, 0.3) is 0 Å². The molecule has 19 heavy (non-hydrogen) atoms. The smallest absolute Gasteiger partial charge is 0.238 e. The molecular formula is C11H19N3O4S. The Balaban J connectivity index is 2.47. The average molecular weight is 289 g/mol. The van der Waals surface area contributed by atoms with Crippen LogP contribution in [-0.2, 0) is 19.5 Å². The molecular weight excluding hydrogens is 270 g/mol. The highest BCUT2D eigenvalue weighted by Crippen LogP contribution is 2.21. The number of sulfonamides is 1. The number of hydrogen-bond donors (Lipinski definition) is 3. The van der Waals surface area contributed by atoms with Crippen LogP contribution in [0, 0.1) is 0 Å². The molecule has 8 heteroatoms. The van der Waals surface area contributed by atoms with Crippen molar-refractivity contribution in [1.82, 2.24) is 0 Å². The minimum absolute atomic E-state index is 0.00751. The van der Waals surface area contributed by atoms with Gasteiger partial charge in [-0.05, 0) is 18.2 Å². The van der Waals surface area contributed by atoms with Crippen molar-refractivity contribution in [1.29, 1.82) is 0 Å². The van der Waals surface area contributed by atoms with Gasteiger partial charge in [0.1, 0.15) is 0 Å². The highest BCUT2D eigenvalue weighted by molar-refractivity contribution is 7.89. The van der Waals surface area contributed by atoms with Gasteiger partial charge in [-0.3, -0.25) is 0 Å². The second-order valence-corrected chi connectivity index (χ2v) is 5.39. The van der Waals surface area contributed by atoms with E-state index in [1.54, 1.807) is 13.2 Å². The van der Waals surface area contributed by atoms with Crippen molar-refractivity contribution in [2.45, 2.75) is 4.90 Å². The Kier molecular flexibility index (Phi) is 6.03. The van der Waals surface area contributed by atoms with Crippen molar-refractivity contribution < 1.29 is 17.9 Å². The van der Waals surface area contributed by atoms with E-state index < -0.39 is 10.0 Å². The summed E-state index contributed by atoms with van der Waals surface area (Å²) in [6.45, 7) is 2.13. The van der Waals surface area contributed by atoms with Crippen LogP contribution >= 0.6 is 0 Å². The van der Waals surface area contributed by atoms with E-state index in [4.69, 9.17) is 20.3 Å². The largest absolute Gasteiger partial charge is 0.397 e. The molecule has 0 aliphatic heterocycles. The molecule has 0 fully saturated rings. The van der Waals surface area contributed by atoms with Gasteiger partial charge in [-0.25, -0.2) is 13.6 Å². The molecule has 0 saturated carbocycles. The second-order valence-electron chi connectivity index (χ2n) is 3.83. The number of nitrogens with one attached hydrogen (secondary N) is 1. The molecule has 0 aromatic heterocycles. The van der Waals surface area contributed by atoms with Gasteiger partial charge in [0.2, 0.25) is 10.0 Å². The zero-order valence-electron chi connectivity index (χ0n) is 10.8. The normalized spacial score (nSPS) is 11.5. The lowest BCUT2D eigenvalue weighted by molar-refractivity contribution is 0.0759. The number of methoxy groups -OCH3 is 1. The van der Waals surface area contributed by atoms with Gasteiger partial charge in [-0.2, -0.15) is 0 Å². The van der Waals surface area contributed by atoms with Gasteiger partial charge < -0.3 is 20.5 Å². The SMILES string of the molecule is COCCOCCNc1ccc(S(N)(=O)=O)cc1N. The lowest BCUT2D eigenvalue weighted by Gasteiger charge is -2.10. The molecule has 1 rings (SSSR count). The lowest BCUT2D eigenvalue weighted by atomic mass is 10.2. The quantitative estimate of drug-likeness (QED) is 0.458. The van der Waals surface area contributed by atoms with Crippen LogP contribution in [0.4, 0.5) is 11.4 Å². The van der Waals surface area contributed by atoms with E-state index in [1.165, 1.54) is 12.1 Å². The van der Waals surface area contributed by atoms with Gasteiger partial charge >= 0.3 is 0 Å². The van der Waals surface area contributed by atoms with Gasteiger partial charge in [0.05, 0.1) is 36.1 Å². The number of rotatable bonds is 8. The van der Waals surface area contributed by atoms with Crippen LogP contribution in [0.2, 0.25) is 0 Å². The van der Waals surface area contributed by atoms with Crippen LogP contribution in [0.5, 0.6) is 0 Å². The fourth-order valence-corrected chi connectivity index (χ4v) is 1.93. The second kappa shape index (κ2) is 7.29. The van der Waals surface area contributed by atoms with E-state index in [-0.39, 0.29) is 4.90 Å². The number of ether oxygens (including phenoxy) is 2. The third-order valence-corrected chi connectivity index (χ3v) is 3.26. The zero-order chi connectivity index (χ0) is 14.3. The fourth-order valence-electron chi connectivity index (χ4n) is 1.38. The molecule has 1 aromatic rings. The molecule has 0 amide bonds. The van der Waals surface area contributed by atoms with Crippen LogP contribution in [0.15, 0.2) is 23.1 Å². The van der Waals surface area contributed by atoms with Crippen molar-refractivity contribution in [3.63, 3.8) is 0 Å². The number of primary sulfonamides is 1. The van der Waals surface area contributed by atoms with Crippen molar-refractivity contribution in [3.8, 4) is 0 Å².